The number of nitrogens with one attached hydrogen (secondary N) is 1. The number of hydrogen-bond acceptors (Lipinski definition) is 8. The lowest BCUT2D eigenvalue weighted by molar-refractivity contribution is 0.110. The molecule has 4 fully saturated rings. The van der Waals surface area contributed by atoms with E-state index in [-0.39, 0.29) is 47.1 Å². The minimum Gasteiger partial charge on any atom is -0.508 e. The number of terminal acetylenes is 1. The number of ether oxygens (including phenoxy) is 1. The summed E-state index contributed by atoms with van der Waals surface area (Å²) in [4.78, 5) is 13.5. The Labute approximate surface area is 259 Å². The average molecular weight is 607 g/mol. The van der Waals surface area contributed by atoms with E-state index in [1.54, 1.807) is 30.5 Å². The second-order valence-electron chi connectivity index (χ2n) is 12.9. The molecular formula is C35H32F2N6O2. The van der Waals surface area contributed by atoms with Crippen molar-refractivity contribution in [2.24, 2.45) is 0 Å². The molecule has 10 heteroatoms. The van der Waals surface area contributed by atoms with Crippen LogP contribution in [-0.4, -0.2) is 76.6 Å². The fraction of sp³-hybridized carbons (Fsp3) is 0.400. The molecule has 4 atom stereocenters. The Kier molecular flexibility index (Phi) is 6.56. The number of hydrogen-bond donors (Lipinski definition) is 2. The first-order valence-corrected chi connectivity index (χ1v) is 15.6. The molecule has 8 nitrogen and oxygen atoms in total. The Morgan fingerprint density at radius 3 is 2.80 bits per heavy atom. The van der Waals surface area contributed by atoms with Crippen LogP contribution in [-0.2, 0) is 0 Å². The van der Waals surface area contributed by atoms with Gasteiger partial charge in [0.15, 0.2) is 5.82 Å². The van der Waals surface area contributed by atoms with Crippen LogP contribution in [0.15, 0.2) is 36.5 Å². The number of anilines is 1. The van der Waals surface area contributed by atoms with E-state index in [0.717, 1.165) is 32.2 Å². The summed E-state index contributed by atoms with van der Waals surface area (Å²) in [5.74, 6) is 1.95. The van der Waals surface area contributed by atoms with Crippen LogP contribution in [0.3, 0.4) is 0 Å². The number of phenols is 1. The van der Waals surface area contributed by atoms with Gasteiger partial charge in [-0.05, 0) is 55.8 Å². The van der Waals surface area contributed by atoms with Gasteiger partial charge in [0, 0.05) is 66.2 Å². The van der Waals surface area contributed by atoms with Crippen molar-refractivity contribution in [2.75, 3.05) is 37.7 Å². The second-order valence-corrected chi connectivity index (χ2v) is 12.9. The van der Waals surface area contributed by atoms with Crippen molar-refractivity contribution in [3.05, 3.63) is 53.5 Å². The van der Waals surface area contributed by atoms with Gasteiger partial charge in [0.2, 0.25) is 5.88 Å². The van der Waals surface area contributed by atoms with Crippen molar-refractivity contribution in [1.82, 2.24) is 20.2 Å². The molecule has 0 spiro atoms. The predicted octanol–water partition coefficient (Wildman–Crippen LogP) is 5.04. The van der Waals surface area contributed by atoms with E-state index in [2.05, 4.69) is 37.1 Å². The molecule has 8 rings (SSSR count). The molecule has 228 valence electrons. The number of rotatable bonds is 5. The Balaban J connectivity index is 1.32. The lowest BCUT2D eigenvalue weighted by atomic mass is 9.95. The molecule has 4 aromatic rings. The Morgan fingerprint density at radius 2 is 2.02 bits per heavy atom. The van der Waals surface area contributed by atoms with Crippen LogP contribution in [0.4, 0.5) is 14.5 Å². The third-order valence-electron chi connectivity index (χ3n) is 10.2. The molecule has 0 aliphatic carbocycles. The molecular weight excluding hydrogens is 574 g/mol. The number of nitrogens with zero attached hydrogens (tertiary/aromatic N) is 5. The smallest absolute Gasteiger partial charge is 0.234 e. The summed E-state index contributed by atoms with van der Waals surface area (Å²) in [6.45, 7) is 2.63. The highest BCUT2D eigenvalue weighted by Gasteiger charge is 2.49. The molecule has 2 N–H and O–H groups in total. The van der Waals surface area contributed by atoms with Crippen molar-refractivity contribution in [3.8, 4) is 41.3 Å². The van der Waals surface area contributed by atoms with E-state index in [1.807, 2.05) is 0 Å². The van der Waals surface area contributed by atoms with E-state index < -0.39 is 17.5 Å². The van der Waals surface area contributed by atoms with Gasteiger partial charge in [-0.1, -0.05) is 18.1 Å². The third kappa shape index (κ3) is 4.47. The van der Waals surface area contributed by atoms with Gasteiger partial charge in [-0.15, -0.1) is 6.42 Å². The van der Waals surface area contributed by atoms with Gasteiger partial charge in [-0.3, -0.25) is 9.88 Å². The maximum atomic E-state index is 16.9. The summed E-state index contributed by atoms with van der Waals surface area (Å²) in [6.07, 6.45) is 10.6. The van der Waals surface area contributed by atoms with Crippen LogP contribution < -0.4 is 15.0 Å². The predicted molar refractivity (Wildman–Crippen MR) is 167 cm³/mol. The lowest BCUT2D eigenvalue weighted by Gasteiger charge is -2.36. The fourth-order valence-electron chi connectivity index (χ4n) is 8.22. The molecule has 4 aliphatic rings. The number of alkyl halides is 1. The van der Waals surface area contributed by atoms with Crippen molar-refractivity contribution in [2.45, 2.75) is 55.9 Å². The largest absolute Gasteiger partial charge is 0.508 e. The molecule has 45 heavy (non-hydrogen) atoms. The summed E-state index contributed by atoms with van der Waals surface area (Å²) in [5, 5.41) is 26.4. The molecule has 0 saturated carbocycles. The van der Waals surface area contributed by atoms with Gasteiger partial charge < -0.3 is 20.1 Å². The van der Waals surface area contributed by atoms with Gasteiger partial charge in [-0.2, -0.15) is 5.26 Å². The number of nitriles is 1. The molecule has 0 amide bonds. The highest BCUT2D eigenvalue weighted by atomic mass is 19.1. The topological polar surface area (TPSA) is 97.5 Å². The van der Waals surface area contributed by atoms with Crippen molar-refractivity contribution >= 4 is 27.4 Å². The minimum atomic E-state index is -0.933. The molecule has 2 aromatic heterocycles. The van der Waals surface area contributed by atoms with Crippen LogP contribution >= 0.6 is 0 Å². The highest BCUT2D eigenvalue weighted by molar-refractivity contribution is 6.03. The Morgan fingerprint density at radius 1 is 1.20 bits per heavy atom. The van der Waals surface area contributed by atoms with E-state index in [0.29, 0.717) is 59.0 Å². The zero-order chi connectivity index (χ0) is 30.9. The number of benzene rings is 2. The standard InChI is InChI=1S/C35H32F2N6O2/c1-2-20-5-3-6-21-11-25(44)12-26(29(20)21)31-30(37)32-28(15-39-31)33(42-17-23-7-8-24(18-42)40-23)27(14-38)34(41-32)45-19-35-9-4-10-43(35)16-22(36)13-35/h1,3,5-6,11-12,15,22-24,40,44H,4,7-10,13,16-19H2/t22-,23?,24?,35+/m1/s1. The maximum Gasteiger partial charge on any atom is 0.234 e. The first kappa shape index (κ1) is 28.0. The van der Waals surface area contributed by atoms with E-state index >= 15 is 4.39 Å². The zero-order valence-electron chi connectivity index (χ0n) is 24.7. The number of piperazine rings is 1. The van der Waals surface area contributed by atoms with Gasteiger partial charge >= 0.3 is 0 Å². The second kappa shape index (κ2) is 10.5. The van der Waals surface area contributed by atoms with Gasteiger partial charge in [0.05, 0.1) is 11.2 Å². The van der Waals surface area contributed by atoms with Crippen LogP contribution in [0.25, 0.3) is 32.9 Å². The maximum absolute atomic E-state index is 16.9. The first-order chi connectivity index (χ1) is 21.9. The molecule has 2 unspecified atom stereocenters. The van der Waals surface area contributed by atoms with E-state index in [1.165, 1.54) is 6.07 Å². The molecule has 4 saturated heterocycles. The third-order valence-corrected chi connectivity index (χ3v) is 10.2. The number of pyridine rings is 2. The first-order valence-electron chi connectivity index (χ1n) is 15.6. The molecule has 6 heterocycles. The number of aromatic nitrogens is 2. The fourth-order valence-corrected chi connectivity index (χ4v) is 8.22. The van der Waals surface area contributed by atoms with Crippen LogP contribution in [0.1, 0.15) is 43.2 Å². The van der Waals surface area contributed by atoms with Gasteiger partial charge in [0.25, 0.3) is 0 Å². The number of phenolic OH excluding ortho intramolecular Hbond substituents is 1. The van der Waals surface area contributed by atoms with Gasteiger partial charge in [0.1, 0.15) is 41.4 Å². The summed E-state index contributed by atoms with van der Waals surface area (Å²) in [5.41, 5.74) is 1.19. The minimum absolute atomic E-state index is 0.0140. The summed E-state index contributed by atoms with van der Waals surface area (Å²) in [7, 11) is 0. The van der Waals surface area contributed by atoms with E-state index in [4.69, 9.17) is 11.2 Å². The lowest BCUT2D eigenvalue weighted by Crippen LogP contribution is -2.51. The van der Waals surface area contributed by atoms with Crippen molar-refractivity contribution < 1.29 is 18.6 Å². The van der Waals surface area contributed by atoms with E-state index in [9.17, 15) is 14.8 Å². The SMILES string of the molecule is C#Cc1cccc2cc(O)cc(-c3ncc4c(N5CC6CCC(C5)N6)c(C#N)c(OC[C@@]56CCCN5C[C@H](F)C6)nc4c3F)c12. The Hall–Kier alpha value is -4.51. The Bertz CT molecular complexity index is 1940. The summed E-state index contributed by atoms with van der Waals surface area (Å²) < 4.78 is 37.8. The number of halogens is 2. The molecule has 2 aromatic carbocycles. The summed E-state index contributed by atoms with van der Waals surface area (Å²) in [6, 6.07) is 11.2. The molecule has 4 aliphatic heterocycles. The van der Waals surface area contributed by atoms with Crippen LogP contribution in [0, 0.1) is 29.5 Å². The van der Waals surface area contributed by atoms with Crippen LogP contribution in [0.5, 0.6) is 11.6 Å². The van der Waals surface area contributed by atoms with Crippen LogP contribution in [0.2, 0.25) is 0 Å². The number of fused-ring (bicyclic) bond motifs is 5. The molecule has 0 radical (unpaired) electrons. The average Bonchev–Trinajstić information content (AvgIpc) is 3.68. The normalized spacial score (nSPS) is 25.9. The van der Waals surface area contributed by atoms with Gasteiger partial charge in [-0.25, -0.2) is 13.8 Å². The number of aromatic hydroxyl groups is 1. The monoisotopic (exact) mass is 606 g/mol. The summed E-state index contributed by atoms with van der Waals surface area (Å²) >= 11 is 0. The van der Waals surface area contributed by atoms with Crippen molar-refractivity contribution in [1.29, 1.82) is 5.26 Å². The quantitative estimate of drug-likeness (QED) is 0.305. The molecule has 2 bridgehead atoms. The zero-order valence-corrected chi connectivity index (χ0v) is 24.7. The highest BCUT2D eigenvalue weighted by Crippen LogP contribution is 2.44. The van der Waals surface area contributed by atoms with Crippen molar-refractivity contribution in [3.63, 3.8) is 0 Å².